The molecule has 0 unspecified atom stereocenters. The van der Waals surface area contributed by atoms with Crippen LogP contribution < -0.4 is 0 Å². The molecule has 0 aliphatic heterocycles. The fourth-order valence-electron chi connectivity index (χ4n) is 2.23. The van der Waals surface area contributed by atoms with Crippen LogP contribution in [0.3, 0.4) is 0 Å². The van der Waals surface area contributed by atoms with E-state index in [4.69, 9.17) is 9.15 Å². The number of oxazole rings is 1. The minimum atomic E-state index is -0.574. The number of benzene rings is 1. The van der Waals surface area contributed by atoms with Crippen molar-refractivity contribution in [3.63, 3.8) is 0 Å². The van der Waals surface area contributed by atoms with E-state index in [1.165, 1.54) is 13.4 Å². The van der Waals surface area contributed by atoms with Crippen molar-refractivity contribution in [2.75, 3.05) is 20.3 Å². The Morgan fingerprint density at radius 2 is 2.00 bits per heavy atom. The number of hydrogen-bond donors (Lipinski definition) is 0. The van der Waals surface area contributed by atoms with E-state index in [-0.39, 0.29) is 30.6 Å². The first-order valence-corrected chi connectivity index (χ1v) is 8.06. The molecule has 1 aromatic heterocycles. The molecule has 0 bridgehead atoms. The van der Waals surface area contributed by atoms with Crippen molar-refractivity contribution in [2.24, 2.45) is 0 Å². The van der Waals surface area contributed by atoms with Gasteiger partial charge in [-0.1, -0.05) is 37.3 Å². The SMILES string of the molecule is CCCN(Cc1nc(C(=O)OC)co1)C(=O)COCc1ccccc1. The molecule has 0 spiro atoms. The molecular formula is C18H22N2O5. The molecule has 25 heavy (non-hydrogen) atoms. The molecule has 7 nitrogen and oxygen atoms in total. The number of amides is 1. The molecule has 2 rings (SSSR count). The Balaban J connectivity index is 1.89. The second-order valence-corrected chi connectivity index (χ2v) is 5.41. The van der Waals surface area contributed by atoms with Crippen LogP contribution in [0.15, 0.2) is 41.0 Å². The van der Waals surface area contributed by atoms with E-state index in [1.807, 2.05) is 37.3 Å². The van der Waals surface area contributed by atoms with Crippen molar-refractivity contribution in [2.45, 2.75) is 26.5 Å². The zero-order chi connectivity index (χ0) is 18.1. The van der Waals surface area contributed by atoms with Crippen molar-refractivity contribution >= 4 is 11.9 Å². The quantitative estimate of drug-likeness (QED) is 0.649. The Hall–Kier alpha value is -2.67. The molecule has 0 saturated heterocycles. The second kappa shape index (κ2) is 9.58. The molecule has 134 valence electrons. The zero-order valence-electron chi connectivity index (χ0n) is 14.4. The van der Waals surface area contributed by atoms with Crippen LogP contribution in [0.2, 0.25) is 0 Å². The van der Waals surface area contributed by atoms with E-state index in [9.17, 15) is 9.59 Å². The Morgan fingerprint density at radius 1 is 1.24 bits per heavy atom. The predicted octanol–water partition coefficient (Wildman–Crippen LogP) is 2.42. The highest BCUT2D eigenvalue weighted by Gasteiger charge is 2.18. The normalized spacial score (nSPS) is 10.5. The summed E-state index contributed by atoms with van der Waals surface area (Å²) in [7, 11) is 1.27. The van der Waals surface area contributed by atoms with Crippen LogP contribution in [0.4, 0.5) is 0 Å². The molecular weight excluding hydrogens is 324 g/mol. The van der Waals surface area contributed by atoms with Crippen LogP contribution in [0.25, 0.3) is 0 Å². The monoisotopic (exact) mass is 346 g/mol. The zero-order valence-corrected chi connectivity index (χ0v) is 14.4. The average Bonchev–Trinajstić information content (AvgIpc) is 3.10. The van der Waals surface area contributed by atoms with Gasteiger partial charge in [0.15, 0.2) is 5.69 Å². The van der Waals surface area contributed by atoms with Crippen LogP contribution in [-0.2, 0) is 27.4 Å². The fraction of sp³-hybridized carbons (Fsp3) is 0.389. The second-order valence-electron chi connectivity index (χ2n) is 5.41. The van der Waals surface area contributed by atoms with E-state index in [0.29, 0.717) is 13.2 Å². The molecule has 0 radical (unpaired) electrons. The Labute approximate surface area is 146 Å². The standard InChI is InChI=1S/C18H22N2O5/c1-3-9-20(10-16-19-15(12-25-16)18(22)23-2)17(21)13-24-11-14-7-5-4-6-8-14/h4-8,12H,3,9-11,13H2,1-2H3. The minimum Gasteiger partial charge on any atom is -0.464 e. The predicted molar refractivity (Wildman–Crippen MR) is 89.6 cm³/mol. The summed E-state index contributed by atoms with van der Waals surface area (Å²) < 4.78 is 15.3. The fourth-order valence-corrected chi connectivity index (χ4v) is 2.23. The number of hydrogen-bond acceptors (Lipinski definition) is 6. The molecule has 0 atom stereocenters. The molecule has 0 saturated carbocycles. The number of carbonyl (C=O) groups is 2. The lowest BCUT2D eigenvalue weighted by Crippen LogP contribution is -2.34. The summed E-state index contributed by atoms with van der Waals surface area (Å²) in [5, 5.41) is 0. The number of nitrogens with zero attached hydrogens (tertiary/aromatic N) is 2. The molecule has 0 fully saturated rings. The summed E-state index contributed by atoms with van der Waals surface area (Å²) in [6.07, 6.45) is 2.01. The van der Waals surface area contributed by atoms with Gasteiger partial charge < -0.3 is 18.8 Å². The van der Waals surface area contributed by atoms with E-state index >= 15 is 0 Å². The van der Waals surface area contributed by atoms with Crippen LogP contribution in [0, 0.1) is 0 Å². The molecule has 2 aromatic rings. The van der Waals surface area contributed by atoms with Crippen LogP contribution in [0.5, 0.6) is 0 Å². The van der Waals surface area contributed by atoms with Gasteiger partial charge in [-0.25, -0.2) is 9.78 Å². The lowest BCUT2D eigenvalue weighted by atomic mass is 10.2. The van der Waals surface area contributed by atoms with Crippen molar-refractivity contribution < 1.29 is 23.5 Å². The maximum Gasteiger partial charge on any atom is 0.360 e. The first kappa shape index (κ1) is 18.7. The van der Waals surface area contributed by atoms with Crippen LogP contribution >= 0.6 is 0 Å². The molecule has 1 heterocycles. The third-order valence-electron chi connectivity index (χ3n) is 3.46. The maximum atomic E-state index is 12.4. The number of rotatable bonds is 9. The Morgan fingerprint density at radius 3 is 2.68 bits per heavy atom. The third kappa shape index (κ3) is 5.72. The van der Waals surface area contributed by atoms with Crippen molar-refractivity contribution in [3.05, 3.63) is 53.7 Å². The van der Waals surface area contributed by atoms with E-state index in [2.05, 4.69) is 9.72 Å². The number of aromatic nitrogens is 1. The summed E-state index contributed by atoms with van der Waals surface area (Å²) in [6, 6.07) is 9.65. The van der Waals surface area contributed by atoms with Crippen molar-refractivity contribution in [3.8, 4) is 0 Å². The Bertz CT molecular complexity index is 684. The van der Waals surface area contributed by atoms with Gasteiger partial charge in [0.2, 0.25) is 11.8 Å². The highest BCUT2D eigenvalue weighted by atomic mass is 16.5. The summed E-state index contributed by atoms with van der Waals surface area (Å²) in [6.45, 7) is 3.04. The molecule has 0 aliphatic carbocycles. The molecule has 0 aliphatic rings. The topological polar surface area (TPSA) is 81.9 Å². The summed E-state index contributed by atoms with van der Waals surface area (Å²) in [5.74, 6) is -0.449. The van der Waals surface area contributed by atoms with E-state index in [1.54, 1.807) is 4.90 Å². The highest BCUT2D eigenvalue weighted by molar-refractivity contribution is 5.86. The van der Waals surface area contributed by atoms with E-state index < -0.39 is 5.97 Å². The summed E-state index contributed by atoms with van der Waals surface area (Å²) in [5.41, 5.74) is 1.09. The maximum absolute atomic E-state index is 12.4. The van der Waals surface area contributed by atoms with Gasteiger partial charge in [-0.05, 0) is 12.0 Å². The van der Waals surface area contributed by atoms with Crippen LogP contribution in [-0.4, -0.2) is 42.0 Å². The number of methoxy groups -OCH3 is 1. The number of carbonyl (C=O) groups excluding carboxylic acids is 2. The van der Waals surface area contributed by atoms with Crippen LogP contribution in [0.1, 0.15) is 35.3 Å². The van der Waals surface area contributed by atoms with E-state index in [0.717, 1.165) is 12.0 Å². The molecule has 0 N–H and O–H groups in total. The van der Waals surface area contributed by atoms with Gasteiger partial charge >= 0.3 is 5.97 Å². The van der Waals surface area contributed by atoms with Gasteiger partial charge in [0.05, 0.1) is 20.3 Å². The highest BCUT2D eigenvalue weighted by Crippen LogP contribution is 2.09. The number of esters is 1. The van der Waals surface area contributed by atoms with Gasteiger partial charge in [0.25, 0.3) is 0 Å². The van der Waals surface area contributed by atoms with Gasteiger partial charge in [0.1, 0.15) is 12.9 Å². The van der Waals surface area contributed by atoms with Gasteiger partial charge in [-0.2, -0.15) is 0 Å². The summed E-state index contributed by atoms with van der Waals surface area (Å²) in [4.78, 5) is 29.4. The summed E-state index contributed by atoms with van der Waals surface area (Å²) >= 11 is 0. The molecule has 1 aromatic carbocycles. The largest absolute Gasteiger partial charge is 0.464 e. The smallest absolute Gasteiger partial charge is 0.360 e. The average molecular weight is 346 g/mol. The van der Waals surface area contributed by atoms with Crippen molar-refractivity contribution in [1.82, 2.24) is 9.88 Å². The first-order chi connectivity index (χ1) is 12.1. The molecule has 7 heteroatoms. The van der Waals surface area contributed by atoms with Gasteiger partial charge in [0, 0.05) is 6.54 Å². The minimum absolute atomic E-state index is 0.0283. The van der Waals surface area contributed by atoms with Gasteiger partial charge in [-0.3, -0.25) is 4.79 Å². The molecule has 1 amide bonds. The first-order valence-electron chi connectivity index (χ1n) is 8.06. The lowest BCUT2D eigenvalue weighted by Gasteiger charge is -2.20. The third-order valence-corrected chi connectivity index (χ3v) is 3.46. The number of ether oxygens (including phenoxy) is 2. The van der Waals surface area contributed by atoms with Gasteiger partial charge in [-0.15, -0.1) is 0 Å². The Kier molecular flexibility index (Phi) is 7.16. The lowest BCUT2D eigenvalue weighted by molar-refractivity contribution is -0.137. The van der Waals surface area contributed by atoms with Crippen molar-refractivity contribution in [1.29, 1.82) is 0 Å².